The fourth-order valence-corrected chi connectivity index (χ4v) is 3.48. The molecule has 2 saturated heterocycles. The summed E-state index contributed by atoms with van der Waals surface area (Å²) < 4.78 is 5.38. The Kier molecular flexibility index (Phi) is 6.66. The molecule has 1 amide bonds. The molecule has 0 aliphatic carbocycles. The summed E-state index contributed by atoms with van der Waals surface area (Å²) in [5, 5.41) is 11.9. The summed E-state index contributed by atoms with van der Waals surface area (Å²) in [6.45, 7) is 9.96. The van der Waals surface area contributed by atoms with Gasteiger partial charge >= 0.3 is 0 Å². The number of hydrogen-bond acceptors (Lipinski definition) is 6. The minimum atomic E-state index is 0.0385. The minimum Gasteiger partial charge on any atom is -0.378 e. The molecule has 0 spiro atoms. The highest BCUT2D eigenvalue weighted by atomic mass is 16.5. The lowest BCUT2D eigenvalue weighted by atomic mass is 9.97. The smallest absolute Gasteiger partial charge is 0.224 e. The maximum absolute atomic E-state index is 12.4. The summed E-state index contributed by atoms with van der Waals surface area (Å²) in [5.74, 6) is 2.59. The predicted molar refractivity (Wildman–Crippen MR) is 102 cm³/mol. The van der Waals surface area contributed by atoms with Crippen molar-refractivity contribution in [1.82, 2.24) is 15.5 Å². The minimum absolute atomic E-state index is 0.0385. The number of anilines is 2. The molecule has 7 nitrogen and oxygen atoms in total. The fourth-order valence-electron chi connectivity index (χ4n) is 3.48. The Balaban J connectivity index is 1.54. The molecule has 1 aromatic rings. The predicted octanol–water partition coefficient (Wildman–Crippen LogP) is 1.69. The number of rotatable bonds is 6. The van der Waals surface area contributed by atoms with Gasteiger partial charge in [0.15, 0.2) is 11.6 Å². The second-order valence-corrected chi connectivity index (χ2v) is 7.61. The van der Waals surface area contributed by atoms with Crippen LogP contribution in [0.2, 0.25) is 0 Å². The Morgan fingerprint density at radius 1 is 1.19 bits per heavy atom. The molecule has 1 unspecified atom stereocenters. The Morgan fingerprint density at radius 3 is 2.54 bits per heavy atom. The molecule has 26 heavy (non-hydrogen) atoms. The molecule has 7 heteroatoms. The number of carbonyl (C=O) groups is 1. The first-order valence-corrected chi connectivity index (χ1v) is 9.82. The van der Waals surface area contributed by atoms with E-state index in [0.29, 0.717) is 5.92 Å². The van der Waals surface area contributed by atoms with Crippen molar-refractivity contribution in [3.05, 3.63) is 12.1 Å². The third-order valence-corrected chi connectivity index (χ3v) is 5.11. The monoisotopic (exact) mass is 361 g/mol. The summed E-state index contributed by atoms with van der Waals surface area (Å²) in [7, 11) is 0. The number of piperidine rings is 1. The zero-order chi connectivity index (χ0) is 18.4. The molecule has 0 bridgehead atoms. The summed E-state index contributed by atoms with van der Waals surface area (Å²) in [5.41, 5.74) is 0. The Bertz CT molecular complexity index is 572. The van der Waals surface area contributed by atoms with Crippen LogP contribution in [0.1, 0.15) is 33.1 Å². The van der Waals surface area contributed by atoms with Gasteiger partial charge in [0, 0.05) is 32.7 Å². The van der Waals surface area contributed by atoms with Crippen LogP contribution in [0, 0.1) is 11.8 Å². The zero-order valence-corrected chi connectivity index (χ0v) is 16.0. The van der Waals surface area contributed by atoms with Gasteiger partial charge in [-0.1, -0.05) is 13.8 Å². The number of ether oxygens (including phenoxy) is 1. The van der Waals surface area contributed by atoms with Crippen molar-refractivity contribution in [2.45, 2.75) is 33.1 Å². The molecule has 3 rings (SSSR count). The summed E-state index contributed by atoms with van der Waals surface area (Å²) in [6.07, 6.45) is 2.98. The van der Waals surface area contributed by atoms with E-state index in [9.17, 15) is 4.79 Å². The number of hydrogen-bond donors (Lipinski definition) is 1. The highest BCUT2D eigenvalue weighted by molar-refractivity contribution is 5.79. The molecule has 0 saturated carbocycles. The number of carbonyl (C=O) groups excluding carboxylic acids is 1. The third kappa shape index (κ3) is 5.06. The molecule has 1 aromatic heterocycles. The van der Waals surface area contributed by atoms with Crippen molar-refractivity contribution in [1.29, 1.82) is 0 Å². The molecule has 0 radical (unpaired) electrons. The van der Waals surface area contributed by atoms with Gasteiger partial charge in [0.05, 0.1) is 19.1 Å². The molecule has 2 fully saturated rings. The zero-order valence-electron chi connectivity index (χ0n) is 16.0. The average Bonchev–Trinajstić information content (AvgIpc) is 2.68. The van der Waals surface area contributed by atoms with Crippen molar-refractivity contribution in [3.63, 3.8) is 0 Å². The number of amides is 1. The number of aromatic nitrogens is 2. The van der Waals surface area contributed by atoms with Crippen LogP contribution in [-0.2, 0) is 9.53 Å². The van der Waals surface area contributed by atoms with E-state index in [1.54, 1.807) is 0 Å². The molecule has 1 N–H and O–H groups in total. The molecule has 3 heterocycles. The van der Waals surface area contributed by atoms with Gasteiger partial charge < -0.3 is 19.9 Å². The molecule has 1 atom stereocenters. The SMILES string of the molecule is CC(C)CCNC(=O)C1CCCN(c2ccc(N3CCOCC3)nn2)C1. The van der Waals surface area contributed by atoms with Crippen molar-refractivity contribution < 1.29 is 9.53 Å². The lowest BCUT2D eigenvalue weighted by Gasteiger charge is -2.33. The first-order chi connectivity index (χ1) is 12.6. The van der Waals surface area contributed by atoms with Gasteiger partial charge in [-0.05, 0) is 37.3 Å². The molecular formula is C19H31N5O2. The summed E-state index contributed by atoms with van der Waals surface area (Å²) in [4.78, 5) is 16.8. The van der Waals surface area contributed by atoms with Gasteiger partial charge in [0.1, 0.15) is 0 Å². The summed E-state index contributed by atoms with van der Waals surface area (Å²) >= 11 is 0. The van der Waals surface area contributed by atoms with E-state index < -0.39 is 0 Å². The van der Waals surface area contributed by atoms with Gasteiger partial charge in [-0.25, -0.2) is 0 Å². The lowest BCUT2D eigenvalue weighted by molar-refractivity contribution is -0.125. The average molecular weight is 361 g/mol. The second-order valence-electron chi connectivity index (χ2n) is 7.61. The molecular weight excluding hydrogens is 330 g/mol. The second kappa shape index (κ2) is 9.16. The quantitative estimate of drug-likeness (QED) is 0.831. The lowest BCUT2D eigenvalue weighted by Crippen LogP contribution is -2.43. The summed E-state index contributed by atoms with van der Waals surface area (Å²) in [6, 6.07) is 4.05. The number of morpholine rings is 1. The maximum atomic E-state index is 12.4. The van der Waals surface area contributed by atoms with E-state index in [4.69, 9.17) is 4.74 Å². The van der Waals surface area contributed by atoms with Gasteiger partial charge in [-0.2, -0.15) is 0 Å². The van der Waals surface area contributed by atoms with E-state index >= 15 is 0 Å². The third-order valence-electron chi connectivity index (χ3n) is 5.11. The Hall–Kier alpha value is -1.89. The van der Waals surface area contributed by atoms with Gasteiger partial charge in [-0.15, -0.1) is 10.2 Å². The van der Waals surface area contributed by atoms with E-state index in [1.807, 2.05) is 12.1 Å². The van der Waals surface area contributed by atoms with Gasteiger partial charge in [-0.3, -0.25) is 4.79 Å². The van der Waals surface area contributed by atoms with Crippen molar-refractivity contribution in [2.24, 2.45) is 11.8 Å². The molecule has 2 aliphatic rings. The van der Waals surface area contributed by atoms with Crippen LogP contribution in [0.25, 0.3) is 0 Å². The number of nitrogens with one attached hydrogen (secondary N) is 1. The fraction of sp³-hybridized carbons (Fsp3) is 0.737. The van der Waals surface area contributed by atoms with Gasteiger partial charge in [0.2, 0.25) is 5.91 Å². The first-order valence-electron chi connectivity index (χ1n) is 9.82. The van der Waals surface area contributed by atoms with Crippen LogP contribution in [-0.4, -0.2) is 62.0 Å². The topological polar surface area (TPSA) is 70.6 Å². The molecule has 0 aromatic carbocycles. The largest absolute Gasteiger partial charge is 0.378 e. The molecule has 144 valence electrons. The van der Waals surface area contributed by atoms with Crippen molar-refractivity contribution in [2.75, 3.05) is 55.7 Å². The van der Waals surface area contributed by atoms with E-state index in [-0.39, 0.29) is 11.8 Å². The van der Waals surface area contributed by atoms with Gasteiger partial charge in [0.25, 0.3) is 0 Å². The van der Waals surface area contributed by atoms with Crippen LogP contribution in [0.15, 0.2) is 12.1 Å². The standard InChI is InChI=1S/C19H31N5O2/c1-15(2)7-8-20-19(25)16-4-3-9-24(14-16)18-6-5-17(21-22-18)23-10-12-26-13-11-23/h5-6,15-16H,3-4,7-14H2,1-2H3,(H,20,25). The highest BCUT2D eigenvalue weighted by Gasteiger charge is 2.26. The van der Waals surface area contributed by atoms with E-state index in [2.05, 4.69) is 39.2 Å². The normalized spacial score (nSPS) is 21.1. The van der Waals surface area contributed by atoms with Crippen molar-refractivity contribution in [3.8, 4) is 0 Å². The first kappa shape index (κ1) is 18.9. The highest BCUT2D eigenvalue weighted by Crippen LogP contribution is 2.23. The Morgan fingerprint density at radius 2 is 1.88 bits per heavy atom. The van der Waals surface area contributed by atoms with E-state index in [0.717, 1.165) is 76.8 Å². The van der Waals surface area contributed by atoms with Crippen molar-refractivity contribution >= 4 is 17.5 Å². The maximum Gasteiger partial charge on any atom is 0.224 e. The van der Waals surface area contributed by atoms with E-state index in [1.165, 1.54) is 0 Å². The van der Waals surface area contributed by atoms with Crippen LogP contribution in [0.4, 0.5) is 11.6 Å². The van der Waals surface area contributed by atoms with Crippen LogP contribution in [0.3, 0.4) is 0 Å². The van der Waals surface area contributed by atoms with Crippen LogP contribution < -0.4 is 15.1 Å². The van der Waals surface area contributed by atoms with Crippen LogP contribution in [0.5, 0.6) is 0 Å². The van der Waals surface area contributed by atoms with Crippen LogP contribution >= 0.6 is 0 Å². The Labute approximate surface area is 156 Å². The molecule has 2 aliphatic heterocycles. The number of nitrogens with zero attached hydrogens (tertiary/aromatic N) is 4.